The van der Waals surface area contributed by atoms with Crippen LogP contribution < -0.4 is 5.32 Å². The number of unbranched alkanes of at least 4 members (excludes halogenated alkanes) is 2. The second kappa shape index (κ2) is 7.55. The molecule has 1 aromatic heterocycles. The van der Waals surface area contributed by atoms with Gasteiger partial charge in [-0.15, -0.1) is 0 Å². The minimum Gasteiger partial charge on any atom is -0.431 e. The molecule has 0 saturated carbocycles. The van der Waals surface area contributed by atoms with Crippen molar-refractivity contribution in [2.45, 2.75) is 31.4 Å². The molecule has 108 valence electrons. The zero-order valence-corrected chi connectivity index (χ0v) is 12.9. The lowest BCUT2D eigenvalue weighted by molar-refractivity contribution is -0.118. The van der Waals surface area contributed by atoms with E-state index in [9.17, 15) is 4.79 Å². The smallest absolute Gasteiger partial charge is 0.257 e. The number of fused-ring (bicyclic) bond motifs is 1. The average molecular weight is 313 g/mol. The summed E-state index contributed by atoms with van der Waals surface area (Å²) in [6.07, 6.45) is 3.31. The monoisotopic (exact) mass is 312 g/mol. The van der Waals surface area contributed by atoms with E-state index in [-0.39, 0.29) is 5.91 Å². The Labute approximate surface area is 127 Å². The van der Waals surface area contributed by atoms with E-state index in [1.165, 1.54) is 11.8 Å². The number of benzene rings is 1. The van der Waals surface area contributed by atoms with Gasteiger partial charge in [-0.3, -0.25) is 4.79 Å². The fraction of sp³-hybridized carbons (Fsp3) is 0.429. The maximum atomic E-state index is 11.6. The van der Waals surface area contributed by atoms with Crippen molar-refractivity contribution >= 4 is 40.4 Å². The molecule has 4 nitrogen and oxygen atoms in total. The Morgan fingerprint density at radius 1 is 1.45 bits per heavy atom. The highest BCUT2D eigenvalue weighted by Crippen LogP contribution is 2.25. The molecule has 6 heteroatoms. The van der Waals surface area contributed by atoms with Crippen LogP contribution in [-0.2, 0) is 4.79 Å². The standard InChI is InChI=1S/C14H17ClN2O2S/c1-2-3-4-7-16-13(18)9-20-14-17-11-6-5-10(15)8-12(11)19-14/h5-6,8H,2-4,7,9H2,1H3,(H,16,18). The lowest BCUT2D eigenvalue weighted by Crippen LogP contribution is -2.26. The summed E-state index contributed by atoms with van der Waals surface area (Å²) >= 11 is 7.17. The lowest BCUT2D eigenvalue weighted by atomic mass is 10.2. The summed E-state index contributed by atoms with van der Waals surface area (Å²) in [6, 6.07) is 5.29. The van der Waals surface area contributed by atoms with E-state index < -0.39 is 0 Å². The summed E-state index contributed by atoms with van der Waals surface area (Å²) in [4.78, 5) is 15.9. The molecule has 1 aromatic carbocycles. The topological polar surface area (TPSA) is 55.1 Å². The van der Waals surface area contributed by atoms with Gasteiger partial charge in [0.05, 0.1) is 5.75 Å². The summed E-state index contributed by atoms with van der Waals surface area (Å²) < 4.78 is 5.53. The third kappa shape index (κ3) is 4.42. The third-order valence-electron chi connectivity index (χ3n) is 2.76. The van der Waals surface area contributed by atoms with Gasteiger partial charge in [0.25, 0.3) is 5.22 Å². The number of hydrogen-bond donors (Lipinski definition) is 1. The molecule has 20 heavy (non-hydrogen) atoms. The van der Waals surface area contributed by atoms with E-state index in [2.05, 4.69) is 17.2 Å². The van der Waals surface area contributed by atoms with Crippen molar-refractivity contribution in [3.63, 3.8) is 0 Å². The third-order valence-corrected chi connectivity index (χ3v) is 3.82. The SMILES string of the molecule is CCCCCNC(=O)CSc1nc2ccc(Cl)cc2o1. The average Bonchev–Trinajstić information content (AvgIpc) is 2.83. The van der Waals surface area contributed by atoms with E-state index in [1.807, 2.05) is 0 Å². The van der Waals surface area contributed by atoms with Gasteiger partial charge in [-0.05, 0) is 18.6 Å². The van der Waals surface area contributed by atoms with Crippen LogP contribution in [0.5, 0.6) is 0 Å². The number of nitrogens with one attached hydrogen (secondary N) is 1. The first-order valence-corrected chi connectivity index (χ1v) is 8.01. The number of halogens is 1. The van der Waals surface area contributed by atoms with Crippen LogP contribution in [0.25, 0.3) is 11.1 Å². The van der Waals surface area contributed by atoms with Gasteiger partial charge in [-0.1, -0.05) is 43.1 Å². The van der Waals surface area contributed by atoms with Crippen molar-refractivity contribution < 1.29 is 9.21 Å². The van der Waals surface area contributed by atoms with Gasteiger partial charge >= 0.3 is 0 Å². The Balaban J connectivity index is 1.81. The van der Waals surface area contributed by atoms with Crippen molar-refractivity contribution in [3.05, 3.63) is 23.2 Å². The van der Waals surface area contributed by atoms with Gasteiger partial charge in [0, 0.05) is 17.6 Å². The fourth-order valence-electron chi connectivity index (χ4n) is 1.72. The number of hydrogen-bond acceptors (Lipinski definition) is 4. The van der Waals surface area contributed by atoms with Crippen LogP contribution in [-0.4, -0.2) is 23.2 Å². The number of carbonyl (C=O) groups excluding carboxylic acids is 1. The number of carbonyl (C=O) groups is 1. The first-order chi connectivity index (χ1) is 9.69. The molecule has 0 aliphatic rings. The molecule has 1 amide bonds. The quantitative estimate of drug-likeness (QED) is 0.622. The largest absolute Gasteiger partial charge is 0.431 e. The summed E-state index contributed by atoms with van der Waals surface area (Å²) in [5.74, 6) is 0.318. The Bertz CT molecular complexity index is 586. The molecule has 0 radical (unpaired) electrons. The lowest BCUT2D eigenvalue weighted by Gasteiger charge is -2.02. The number of rotatable bonds is 7. The number of aromatic nitrogens is 1. The van der Waals surface area contributed by atoms with E-state index in [0.29, 0.717) is 21.6 Å². The maximum Gasteiger partial charge on any atom is 0.257 e. The van der Waals surface area contributed by atoms with Crippen LogP contribution in [0.3, 0.4) is 0 Å². The number of amides is 1. The van der Waals surface area contributed by atoms with Gasteiger partial charge in [0.2, 0.25) is 5.91 Å². The normalized spacial score (nSPS) is 10.9. The Hall–Kier alpha value is -1.20. The van der Waals surface area contributed by atoms with Crippen LogP contribution in [0.1, 0.15) is 26.2 Å². The highest BCUT2D eigenvalue weighted by molar-refractivity contribution is 7.99. The predicted octanol–water partition coefficient (Wildman–Crippen LogP) is 3.88. The summed E-state index contributed by atoms with van der Waals surface area (Å²) in [6.45, 7) is 2.87. The van der Waals surface area contributed by atoms with Crippen molar-refractivity contribution in [1.82, 2.24) is 10.3 Å². The summed E-state index contributed by atoms with van der Waals surface area (Å²) in [7, 11) is 0. The number of oxazole rings is 1. The fourth-order valence-corrected chi connectivity index (χ4v) is 2.55. The molecule has 0 bridgehead atoms. The Morgan fingerprint density at radius 2 is 2.30 bits per heavy atom. The van der Waals surface area contributed by atoms with Crippen molar-refractivity contribution in [2.75, 3.05) is 12.3 Å². The van der Waals surface area contributed by atoms with Crippen molar-refractivity contribution in [2.24, 2.45) is 0 Å². The second-order valence-corrected chi connectivity index (χ2v) is 5.80. The molecular formula is C14H17ClN2O2S. The van der Waals surface area contributed by atoms with E-state index in [0.717, 1.165) is 31.3 Å². The van der Waals surface area contributed by atoms with Gasteiger partial charge in [0.15, 0.2) is 5.58 Å². The van der Waals surface area contributed by atoms with Crippen LogP contribution in [0, 0.1) is 0 Å². The van der Waals surface area contributed by atoms with E-state index in [4.69, 9.17) is 16.0 Å². The second-order valence-electron chi connectivity index (χ2n) is 4.44. The molecule has 0 spiro atoms. The first-order valence-electron chi connectivity index (χ1n) is 6.64. The van der Waals surface area contributed by atoms with E-state index in [1.54, 1.807) is 18.2 Å². The van der Waals surface area contributed by atoms with Gasteiger partial charge in [-0.25, -0.2) is 4.98 Å². The maximum absolute atomic E-state index is 11.6. The highest BCUT2D eigenvalue weighted by atomic mass is 35.5. The molecule has 0 fully saturated rings. The van der Waals surface area contributed by atoms with Crippen molar-refractivity contribution in [1.29, 1.82) is 0 Å². The van der Waals surface area contributed by atoms with Crippen LogP contribution in [0.4, 0.5) is 0 Å². The van der Waals surface area contributed by atoms with Gasteiger partial charge in [-0.2, -0.15) is 0 Å². The first kappa shape index (κ1) is 15.2. The molecule has 2 rings (SSSR count). The molecule has 0 atom stereocenters. The number of thioether (sulfide) groups is 1. The van der Waals surface area contributed by atoms with Crippen LogP contribution in [0.2, 0.25) is 5.02 Å². The van der Waals surface area contributed by atoms with Gasteiger partial charge in [0.1, 0.15) is 5.52 Å². The molecule has 0 aliphatic heterocycles. The Morgan fingerprint density at radius 3 is 3.10 bits per heavy atom. The Kier molecular flexibility index (Phi) is 5.73. The molecule has 2 aromatic rings. The highest BCUT2D eigenvalue weighted by Gasteiger charge is 2.09. The minimum atomic E-state index is 0.00592. The number of nitrogens with zero attached hydrogens (tertiary/aromatic N) is 1. The predicted molar refractivity (Wildman–Crippen MR) is 82.3 cm³/mol. The molecule has 0 aliphatic carbocycles. The van der Waals surface area contributed by atoms with Crippen LogP contribution >= 0.6 is 23.4 Å². The van der Waals surface area contributed by atoms with E-state index >= 15 is 0 Å². The molecule has 0 unspecified atom stereocenters. The van der Waals surface area contributed by atoms with Crippen LogP contribution in [0.15, 0.2) is 27.8 Å². The van der Waals surface area contributed by atoms with Crippen molar-refractivity contribution in [3.8, 4) is 0 Å². The zero-order valence-electron chi connectivity index (χ0n) is 11.3. The molecular weight excluding hydrogens is 296 g/mol. The zero-order chi connectivity index (χ0) is 14.4. The van der Waals surface area contributed by atoms with Gasteiger partial charge < -0.3 is 9.73 Å². The minimum absolute atomic E-state index is 0.00592. The summed E-state index contributed by atoms with van der Waals surface area (Å²) in [5.41, 5.74) is 1.39. The molecule has 1 N–H and O–H groups in total. The molecule has 0 saturated heterocycles. The summed E-state index contributed by atoms with van der Waals surface area (Å²) in [5, 5.41) is 3.98. The molecule has 1 heterocycles.